The number of rotatable bonds is 6. The van der Waals surface area contributed by atoms with Gasteiger partial charge in [-0.3, -0.25) is 9.79 Å². The van der Waals surface area contributed by atoms with E-state index in [-0.39, 0.29) is 16.5 Å². The largest absolute Gasteiger partial charge is 0.504 e. The van der Waals surface area contributed by atoms with Crippen molar-refractivity contribution in [2.24, 2.45) is 4.99 Å². The Kier molecular flexibility index (Phi) is 6.42. The Morgan fingerprint density at radius 1 is 1.27 bits per heavy atom. The van der Waals surface area contributed by atoms with Crippen LogP contribution in [-0.2, 0) is 6.18 Å². The first-order chi connectivity index (χ1) is 14.2. The third-order valence-electron chi connectivity index (χ3n) is 3.92. The van der Waals surface area contributed by atoms with Crippen LogP contribution in [0, 0.1) is 0 Å². The third kappa shape index (κ3) is 4.98. The quantitative estimate of drug-likeness (QED) is 0.394. The maximum Gasteiger partial charge on any atom is 0.434 e. The molecule has 0 aliphatic heterocycles. The van der Waals surface area contributed by atoms with Crippen molar-refractivity contribution in [1.29, 1.82) is 0 Å². The highest BCUT2D eigenvalue weighted by Gasteiger charge is 2.39. The zero-order valence-electron chi connectivity index (χ0n) is 15.4. The molecule has 10 heteroatoms. The number of aromatic nitrogens is 1. The van der Waals surface area contributed by atoms with E-state index in [0.29, 0.717) is 27.5 Å². The summed E-state index contributed by atoms with van der Waals surface area (Å²) in [6.45, 7) is -0.502. The zero-order chi connectivity index (χ0) is 21.9. The summed E-state index contributed by atoms with van der Waals surface area (Å²) in [7, 11) is 1.40. The first-order valence-corrected chi connectivity index (χ1v) is 9.62. The number of thiazole rings is 1. The number of carbonyl (C=O) groups is 1. The smallest absolute Gasteiger partial charge is 0.434 e. The van der Waals surface area contributed by atoms with Crippen molar-refractivity contribution < 1.29 is 27.8 Å². The number of halogens is 4. The number of alkyl halides is 3. The highest BCUT2D eigenvalue weighted by Crippen LogP contribution is 2.38. The van der Waals surface area contributed by atoms with Crippen LogP contribution in [0.4, 0.5) is 13.2 Å². The average Bonchev–Trinajstić information content (AvgIpc) is 3.15. The van der Waals surface area contributed by atoms with Crippen molar-refractivity contribution in [1.82, 2.24) is 4.98 Å². The molecular weight excluding hydrogens is 441 g/mol. The minimum atomic E-state index is -4.78. The summed E-state index contributed by atoms with van der Waals surface area (Å²) in [4.78, 5) is 19.5. The maximum absolute atomic E-state index is 13.4. The summed E-state index contributed by atoms with van der Waals surface area (Å²) >= 11 is 6.46. The molecule has 1 heterocycles. The fourth-order valence-corrected chi connectivity index (χ4v) is 3.66. The number of hydrogen-bond acceptors (Lipinski definition) is 6. The number of Topliss-reactive ketones (excluding diaryl/α,β-unsaturated/α-hetero) is 1. The van der Waals surface area contributed by atoms with Crippen LogP contribution in [0.25, 0.3) is 10.6 Å². The second-order valence-electron chi connectivity index (χ2n) is 6.03. The summed E-state index contributed by atoms with van der Waals surface area (Å²) in [5, 5.41) is 10.2. The number of aromatic hydroxyl groups is 1. The molecule has 3 rings (SSSR count). The molecule has 0 fully saturated rings. The van der Waals surface area contributed by atoms with Gasteiger partial charge in [0.25, 0.3) is 0 Å². The maximum atomic E-state index is 13.4. The Morgan fingerprint density at radius 2 is 1.97 bits per heavy atom. The van der Waals surface area contributed by atoms with Gasteiger partial charge in [-0.25, -0.2) is 4.98 Å². The summed E-state index contributed by atoms with van der Waals surface area (Å²) in [5.74, 6) is -0.673. The molecule has 1 N–H and O–H groups in total. The molecule has 0 aliphatic rings. The second-order valence-corrected chi connectivity index (χ2v) is 7.46. The number of methoxy groups -OCH3 is 1. The van der Waals surface area contributed by atoms with Gasteiger partial charge in [-0.15, -0.1) is 11.3 Å². The molecule has 0 saturated heterocycles. The van der Waals surface area contributed by atoms with Crippen molar-refractivity contribution in [3.8, 4) is 22.1 Å². The Balaban J connectivity index is 1.84. The van der Waals surface area contributed by atoms with E-state index in [9.17, 15) is 23.1 Å². The predicted molar refractivity (Wildman–Crippen MR) is 109 cm³/mol. The molecule has 2 aromatic carbocycles. The molecule has 0 aliphatic carbocycles. The highest BCUT2D eigenvalue weighted by atomic mass is 35.5. The summed E-state index contributed by atoms with van der Waals surface area (Å²) in [5.41, 5.74) is -0.353. The van der Waals surface area contributed by atoms with E-state index in [1.807, 2.05) is 0 Å². The van der Waals surface area contributed by atoms with E-state index in [4.69, 9.17) is 16.3 Å². The van der Waals surface area contributed by atoms with E-state index >= 15 is 0 Å². The van der Waals surface area contributed by atoms with Crippen LogP contribution in [0.15, 0.2) is 47.5 Å². The van der Waals surface area contributed by atoms with Crippen LogP contribution in [0.1, 0.15) is 20.9 Å². The predicted octanol–water partition coefficient (Wildman–Crippen LogP) is 5.50. The van der Waals surface area contributed by atoms with E-state index in [1.165, 1.54) is 49.7 Å². The van der Waals surface area contributed by atoms with Gasteiger partial charge >= 0.3 is 6.18 Å². The molecule has 30 heavy (non-hydrogen) atoms. The fraction of sp³-hybridized carbons (Fsp3) is 0.150. The average molecular weight is 455 g/mol. The van der Waals surface area contributed by atoms with Crippen molar-refractivity contribution in [3.05, 3.63) is 63.6 Å². The topological polar surface area (TPSA) is 71.8 Å². The SMILES string of the molecule is COc1ccc(C=NCC(=O)c2sc(-c3ccc(Cl)cc3)nc2C(F)(F)F)cc1O. The number of nitrogens with zero attached hydrogens (tertiary/aromatic N) is 2. The number of phenolic OH excluding ortho intramolecular Hbond substituents is 1. The molecule has 5 nitrogen and oxygen atoms in total. The molecule has 0 saturated carbocycles. The van der Waals surface area contributed by atoms with Crippen LogP contribution >= 0.6 is 22.9 Å². The van der Waals surface area contributed by atoms with Gasteiger partial charge in [0.15, 0.2) is 23.0 Å². The highest BCUT2D eigenvalue weighted by molar-refractivity contribution is 7.17. The Labute approximate surface area is 178 Å². The van der Waals surface area contributed by atoms with Gasteiger partial charge in [0.2, 0.25) is 0 Å². The number of phenols is 1. The number of benzene rings is 2. The standard InChI is InChI=1S/C20H14ClF3N2O3S/c1-29-16-7-2-11(8-14(16)27)9-25-10-15(28)17-18(20(22,23)24)26-19(30-17)12-3-5-13(21)6-4-12/h2-9,27H,10H2,1H3. The van der Waals surface area contributed by atoms with Crippen LogP contribution in [-0.4, -0.2) is 35.7 Å². The molecule has 0 bridgehead atoms. The van der Waals surface area contributed by atoms with Gasteiger partial charge in [-0.1, -0.05) is 23.7 Å². The summed E-state index contributed by atoms with van der Waals surface area (Å²) in [6, 6.07) is 10.6. The molecule has 0 radical (unpaired) electrons. The lowest BCUT2D eigenvalue weighted by molar-refractivity contribution is -0.141. The second kappa shape index (κ2) is 8.85. The van der Waals surface area contributed by atoms with Gasteiger partial charge in [0.1, 0.15) is 16.4 Å². The normalized spacial score (nSPS) is 11.8. The van der Waals surface area contributed by atoms with E-state index in [0.717, 1.165) is 0 Å². The van der Waals surface area contributed by atoms with Gasteiger partial charge < -0.3 is 9.84 Å². The monoisotopic (exact) mass is 454 g/mol. The first kappa shape index (κ1) is 21.8. The van der Waals surface area contributed by atoms with Crippen molar-refractivity contribution in [3.63, 3.8) is 0 Å². The number of ketones is 1. The minimum Gasteiger partial charge on any atom is -0.504 e. The lowest BCUT2D eigenvalue weighted by atomic mass is 10.2. The molecular formula is C20H14ClF3N2O3S. The Bertz CT molecular complexity index is 1100. The summed E-state index contributed by atoms with van der Waals surface area (Å²) < 4.78 is 45.1. The molecule has 156 valence electrons. The van der Waals surface area contributed by atoms with Crippen molar-refractivity contribution in [2.45, 2.75) is 6.18 Å². The molecule has 0 atom stereocenters. The lowest BCUT2D eigenvalue weighted by Crippen LogP contribution is -2.13. The van der Waals surface area contributed by atoms with Crippen molar-refractivity contribution >= 4 is 34.9 Å². The van der Waals surface area contributed by atoms with Crippen LogP contribution in [0.2, 0.25) is 5.02 Å². The number of ether oxygens (including phenoxy) is 1. The van der Waals surface area contributed by atoms with Gasteiger partial charge in [0.05, 0.1) is 7.11 Å². The summed E-state index contributed by atoms with van der Waals surface area (Å²) in [6.07, 6.45) is -3.50. The van der Waals surface area contributed by atoms with E-state index < -0.39 is 29.1 Å². The van der Waals surface area contributed by atoms with Crippen molar-refractivity contribution in [2.75, 3.05) is 13.7 Å². The van der Waals surface area contributed by atoms with Crippen LogP contribution in [0.3, 0.4) is 0 Å². The lowest BCUT2D eigenvalue weighted by Gasteiger charge is -2.04. The van der Waals surface area contributed by atoms with Gasteiger partial charge in [-0.05, 0) is 35.9 Å². The van der Waals surface area contributed by atoms with Gasteiger partial charge in [-0.2, -0.15) is 13.2 Å². The number of aliphatic imine (C=N–C) groups is 1. The minimum absolute atomic E-state index is 0.0615. The zero-order valence-corrected chi connectivity index (χ0v) is 17.0. The van der Waals surface area contributed by atoms with Crippen LogP contribution in [0.5, 0.6) is 11.5 Å². The third-order valence-corrected chi connectivity index (χ3v) is 5.32. The molecule has 1 aromatic heterocycles. The Morgan fingerprint density at radius 3 is 2.57 bits per heavy atom. The first-order valence-electron chi connectivity index (χ1n) is 8.43. The molecule has 3 aromatic rings. The van der Waals surface area contributed by atoms with E-state index in [1.54, 1.807) is 6.07 Å². The molecule has 0 spiro atoms. The van der Waals surface area contributed by atoms with E-state index in [2.05, 4.69) is 9.98 Å². The fourth-order valence-electron chi connectivity index (χ4n) is 2.51. The van der Waals surface area contributed by atoms with Gasteiger partial charge in [0, 0.05) is 16.8 Å². The number of hydrogen-bond donors (Lipinski definition) is 1. The Hall–Kier alpha value is -2.91. The molecule has 0 amide bonds. The number of carbonyl (C=O) groups excluding carboxylic acids is 1. The molecule has 0 unspecified atom stereocenters. The van der Waals surface area contributed by atoms with Crippen LogP contribution < -0.4 is 4.74 Å².